The van der Waals surface area contributed by atoms with E-state index in [4.69, 9.17) is 0 Å². The maximum Gasteiger partial charge on any atom is 0.234 e. The first-order valence-corrected chi connectivity index (χ1v) is 8.70. The molecule has 0 bridgehead atoms. The number of rotatable bonds is 11. The van der Waals surface area contributed by atoms with Crippen LogP contribution >= 0.6 is 0 Å². The van der Waals surface area contributed by atoms with E-state index < -0.39 is 0 Å². The van der Waals surface area contributed by atoms with Crippen LogP contribution in [0.4, 0.5) is 0 Å². The molecule has 0 saturated heterocycles. The molecule has 2 amide bonds. The molecular formula is C18H37N3O2. The van der Waals surface area contributed by atoms with Crippen LogP contribution in [0.1, 0.15) is 53.9 Å². The van der Waals surface area contributed by atoms with Crippen molar-refractivity contribution >= 4 is 11.8 Å². The summed E-state index contributed by atoms with van der Waals surface area (Å²) in [5.41, 5.74) is -0.0109. The highest BCUT2D eigenvalue weighted by molar-refractivity contribution is 5.78. The van der Waals surface area contributed by atoms with Crippen molar-refractivity contribution in [3.63, 3.8) is 0 Å². The lowest BCUT2D eigenvalue weighted by Crippen LogP contribution is -2.36. The molecule has 0 heterocycles. The lowest BCUT2D eigenvalue weighted by molar-refractivity contribution is -0.123. The predicted octanol–water partition coefficient (Wildman–Crippen LogP) is 2.27. The fourth-order valence-electron chi connectivity index (χ4n) is 2.27. The second-order valence-electron chi connectivity index (χ2n) is 8.22. The van der Waals surface area contributed by atoms with Gasteiger partial charge in [-0.1, -0.05) is 34.6 Å². The molecule has 0 aromatic carbocycles. The molecule has 1 atom stereocenters. The normalized spacial score (nSPS) is 13.3. The third-order valence-electron chi connectivity index (χ3n) is 3.77. The Balaban J connectivity index is 4.02. The largest absolute Gasteiger partial charge is 0.356 e. The maximum atomic E-state index is 12.0. The van der Waals surface area contributed by atoms with Crippen molar-refractivity contribution < 1.29 is 9.59 Å². The standard InChI is InChI=1S/C18H37N3O2/c1-14(2)11-19-16(22)10-18(4,5)9-8-15(3)12-20-17(23)13-21(6)7/h14-15H,8-13H2,1-7H3,(H,19,22)(H,20,23). The molecule has 0 aliphatic heterocycles. The Hall–Kier alpha value is -1.10. The Labute approximate surface area is 142 Å². The SMILES string of the molecule is CC(C)CNC(=O)CC(C)(C)CCC(C)CNC(=O)CN(C)C. The predicted molar refractivity (Wildman–Crippen MR) is 96.2 cm³/mol. The minimum absolute atomic E-state index is 0.0109. The van der Waals surface area contributed by atoms with Crippen LogP contribution < -0.4 is 10.6 Å². The smallest absolute Gasteiger partial charge is 0.234 e. The number of hydrogen-bond donors (Lipinski definition) is 2. The summed E-state index contributed by atoms with van der Waals surface area (Å²) < 4.78 is 0. The van der Waals surface area contributed by atoms with Crippen LogP contribution in [0, 0.1) is 17.3 Å². The number of nitrogens with one attached hydrogen (secondary N) is 2. The zero-order chi connectivity index (χ0) is 18.0. The number of hydrogen-bond acceptors (Lipinski definition) is 3. The maximum absolute atomic E-state index is 12.0. The summed E-state index contributed by atoms with van der Waals surface area (Å²) in [6.07, 6.45) is 2.54. The van der Waals surface area contributed by atoms with Gasteiger partial charge in [0.05, 0.1) is 6.54 Å². The molecule has 0 radical (unpaired) electrons. The average molecular weight is 328 g/mol. The van der Waals surface area contributed by atoms with E-state index in [0.29, 0.717) is 31.3 Å². The van der Waals surface area contributed by atoms with E-state index in [1.54, 1.807) is 0 Å². The zero-order valence-electron chi connectivity index (χ0n) is 16.2. The van der Waals surface area contributed by atoms with Crippen LogP contribution in [0.5, 0.6) is 0 Å². The van der Waals surface area contributed by atoms with Gasteiger partial charge in [0.25, 0.3) is 0 Å². The minimum Gasteiger partial charge on any atom is -0.356 e. The molecular weight excluding hydrogens is 290 g/mol. The molecule has 5 heteroatoms. The molecule has 0 aliphatic carbocycles. The van der Waals surface area contributed by atoms with Gasteiger partial charge in [0.2, 0.25) is 11.8 Å². The van der Waals surface area contributed by atoms with Gasteiger partial charge in [-0.15, -0.1) is 0 Å². The van der Waals surface area contributed by atoms with Crippen LogP contribution in [-0.2, 0) is 9.59 Å². The van der Waals surface area contributed by atoms with Gasteiger partial charge in [-0.3, -0.25) is 9.59 Å². The van der Waals surface area contributed by atoms with E-state index in [0.717, 1.165) is 19.4 Å². The van der Waals surface area contributed by atoms with Crippen molar-refractivity contribution in [3.8, 4) is 0 Å². The number of carbonyl (C=O) groups excluding carboxylic acids is 2. The lowest BCUT2D eigenvalue weighted by Gasteiger charge is -2.26. The molecule has 23 heavy (non-hydrogen) atoms. The number of amides is 2. The van der Waals surface area contributed by atoms with Crippen LogP contribution in [0.25, 0.3) is 0 Å². The average Bonchev–Trinajstić information content (AvgIpc) is 2.39. The quantitative estimate of drug-likeness (QED) is 0.612. The summed E-state index contributed by atoms with van der Waals surface area (Å²) in [4.78, 5) is 25.4. The molecule has 2 N–H and O–H groups in total. The van der Waals surface area contributed by atoms with Crippen molar-refractivity contribution in [2.75, 3.05) is 33.7 Å². The molecule has 0 spiro atoms. The van der Waals surface area contributed by atoms with E-state index in [1.807, 2.05) is 19.0 Å². The minimum atomic E-state index is -0.0109. The number of likely N-dealkylation sites (N-methyl/N-ethyl adjacent to an activating group) is 1. The summed E-state index contributed by atoms with van der Waals surface area (Å²) >= 11 is 0. The van der Waals surface area contributed by atoms with Gasteiger partial charge in [0.15, 0.2) is 0 Å². The molecule has 0 fully saturated rings. The van der Waals surface area contributed by atoms with Crippen molar-refractivity contribution in [3.05, 3.63) is 0 Å². The van der Waals surface area contributed by atoms with Crippen LogP contribution in [0.15, 0.2) is 0 Å². The molecule has 0 rings (SSSR count). The van der Waals surface area contributed by atoms with E-state index in [-0.39, 0.29) is 17.2 Å². The monoisotopic (exact) mass is 327 g/mol. The highest BCUT2D eigenvalue weighted by atomic mass is 16.2. The first-order valence-electron chi connectivity index (χ1n) is 8.70. The Morgan fingerprint density at radius 2 is 1.57 bits per heavy atom. The summed E-state index contributed by atoms with van der Waals surface area (Å²) in [7, 11) is 3.77. The summed E-state index contributed by atoms with van der Waals surface area (Å²) in [6, 6.07) is 0. The molecule has 5 nitrogen and oxygen atoms in total. The third-order valence-corrected chi connectivity index (χ3v) is 3.77. The second kappa shape index (κ2) is 10.6. The van der Waals surface area contributed by atoms with Crippen molar-refractivity contribution in [1.82, 2.24) is 15.5 Å². The number of carbonyl (C=O) groups is 2. The summed E-state index contributed by atoms with van der Waals surface area (Å²) in [5, 5.41) is 5.95. The molecule has 0 aromatic rings. The summed E-state index contributed by atoms with van der Waals surface area (Å²) in [6.45, 7) is 12.5. The fourth-order valence-corrected chi connectivity index (χ4v) is 2.27. The highest BCUT2D eigenvalue weighted by Gasteiger charge is 2.22. The van der Waals surface area contributed by atoms with E-state index in [2.05, 4.69) is 45.3 Å². The Kier molecular flexibility index (Phi) is 10.1. The van der Waals surface area contributed by atoms with Gasteiger partial charge in [0, 0.05) is 19.5 Å². The molecule has 0 aromatic heterocycles. The topological polar surface area (TPSA) is 61.4 Å². The zero-order valence-corrected chi connectivity index (χ0v) is 16.2. The first-order chi connectivity index (χ1) is 10.5. The van der Waals surface area contributed by atoms with Crippen molar-refractivity contribution in [2.24, 2.45) is 17.3 Å². The van der Waals surface area contributed by atoms with E-state index in [9.17, 15) is 9.59 Å². The fraction of sp³-hybridized carbons (Fsp3) is 0.889. The van der Waals surface area contributed by atoms with E-state index >= 15 is 0 Å². The Bertz CT molecular complexity index is 365. The molecule has 0 saturated carbocycles. The van der Waals surface area contributed by atoms with Gasteiger partial charge < -0.3 is 15.5 Å². The third kappa shape index (κ3) is 13.1. The number of nitrogens with zero attached hydrogens (tertiary/aromatic N) is 1. The first kappa shape index (κ1) is 21.9. The lowest BCUT2D eigenvalue weighted by atomic mass is 9.82. The van der Waals surface area contributed by atoms with Crippen molar-refractivity contribution in [1.29, 1.82) is 0 Å². The van der Waals surface area contributed by atoms with Crippen LogP contribution in [0.2, 0.25) is 0 Å². The van der Waals surface area contributed by atoms with Crippen LogP contribution in [0.3, 0.4) is 0 Å². The summed E-state index contributed by atoms with van der Waals surface area (Å²) in [5.74, 6) is 1.09. The second-order valence-corrected chi connectivity index (χ2v) is 8.22. The van der Waals surface area contributed by atoms with Gasteiger partial charge in [-0.05, 0) is 44.2 Å². The Morgan fingerprint density at radius 3 is 2.09 bits per heavy atom. The van der Waals surface area contributed by atoms with Gasteiger partial charge in [-0.25, -0.2) is 0 Å². The van der Waals surface area contributed by atoms with Gasteiger partial charge in [-0.2, -0.15) is 0 Å². The van der Waals surface area contributed by atoms with E-state index in [1.165, 1.54) is 0 Å². The van der Waals surface area contributed by atoms with Gasteiger partial charge >= 0.3 is 0 Å². The molecule has 0 aliphatic rings. The highest BCUT2D eigenvalue weighted by Crippen LogP contribution is 2.28. The Morgan fingerprint density at radius 1 is 1.00 bits per heavy atom. The molecule has 1 unspecified atom stereocenters. The van der Waals surface area contributed by atoms with Crippen LogP contribution in [-0.4, -0.2) is 50.4 Å². The molecule has 136 valence electrons. The van der Waals surface area contributed by atoms with Gasteiger partial charge in [0.1, 0.15) is 0 Å². The van der Waals surface area contributed by atoms with Crippen molar-refractivity contribution in [2.45, 2.75) is 53.9 Å².